The first-order valence-electron chi connectivity index (χ1n) is 12.9. The molecule has 0 unspecified atom stereocenters. The number of tetrazole rings is 1. The Hall–Kier alpha value is -4.08. The highest BCUT2D eigenvalue weighted by Gasteiger charge is 2.27. The lowest BCUT2D eigenvalue weighted by Gasteiger charge is -2.40. The van der Waals surface area contributed by atoms with Gasteiger partial charge in [0.05, 0.1) is 12.6 Å². The van der Waals surface area contributed by atoms with Crippen molar-refractivity contribution in [2.45, 2.75) is 26.1 Å². The lowest BCUT2D eigenvalue weighted by molar-refractivity contribution is -0.144. The van der Waals surface area contributed by atoms with E-state index in [1.165, 1.54) is 10.4 Å². The molecule has 3 aromatic carbocycles. The van der Waals surface area contributed by atoms with Gasteiger partial charge in [-0.25, -0.2) is 4.79 Å². The molecule has 1 fully saturated rings. The maximum absolute atomic E-state index is 11.7. The zero-order valence-electron chi connectivity index (χ0n) is 21.5. The van der Waals surface area contributed by atoms with Crippen molar-refractivity contribution >= 4 is 5.97 Å². The Morgan fingerprint density at radius 1 is 0.947 bits per heavy atom. The molecule has 1 aliphatic rings. The van der Waals surface area contributed by atoms with E-state index in [0.717, 1.165) is 49.4 Å². The number of phenols is 1. The lowest BCUT2D eigenvalue weighted by Crippen LogP contribution is -2.47. The van der Waals surface area contributed by atoms with Gasteiger partial charge in [-0.2, -0.15) is 4.80 Å². The lowest BCUT2D eigenvalue weighted by atomic mass is 9.95. The first kappa shape index (κ1) is 25.6. The van der Waals surface area contributed by atoms with Crippen LogP contribution in [0, 0.1) is 0 Å². The van der Waals surface area contributed by atoms with Crippen LogP contribution in [-0.2, 0) is 22.6 Å². The fraction of sp³-hybridized carbons (Fsp3) is 0.310. The van der Waals surface area contributed by atoms with Crippen LogP contribution in [0.2, 0.25) is 0 Å². The molecule has 0 bridgehead atoms. The van der Waals surface area contributed by atoms with E-state index in [-0.39, 0.29) is 18.3 Å². The molecule has 0 radical (unpaired) electrons. The second-order valence-electron chi connectivity index (χ2n) is 9.37. The number of aromatic nitrogens is 4. The van der Waals surface area contributed by atoms with Gasteiger partial charge in [0.1, 0.15) is 5.75 Å². The van der Waals surface area contributed by atoms with Gasteiger partial charge < -0.3 is 9.84 Å². The number of piperazine rings is 1. The number of nitrogens with zero attached hydrogens (tertiary/aromatic N) is 6. The van der Waals surface area contributed by atoms with Crippen molar-refractivity contribution in [3.05, 3.63) is 95.6 Å². The molecule has 0 aliphatic carbocycles. The van der Waals surface area contributed by atoms with Crippen LogP contribution in [-0.4, -0.2) is 73.9 Å². The monoisotopic (exact) mass is 512 g/mol. The smallest absolute Gasteiger partial charge is 0.329 e. The van der Waals surface area contributed by atoms with E-state index in [4.69, 9.17) is 4.74 Å². The first-order chi connectivity index (χ1) is 18.6. The molecule has 4 aromatic rings. The minimum Gasteiger partial charge on any atom is -0.508 e. The highest BCUT2D eigenvalue weighted by atomic mass is 16.5. The van der Waals surface area contributed by atoms with E-state index >= 15 is 0 Å². The summed E-state index contributed by atoms with van der Waals surface area (Å²) < 4.78 is 4.95. The summed E-state index contributed by atoms with van der Waals surface area (Å²) in [4.78, 5) is 17.9. The average molecular weight is 513 g/mol. The summed E-state index contributed by atoms with van der Waals surface area (Å²) in [6.07, 6.45) is 0. The van der Waals surface area contributed by atoms with Crippen LogP contribution in [0.15, 0.2) is 78.9 Å². The molecular weight excluding hydrogens is 480 g/mol. The Kier molecular flexibility index (Phi) is 8.06. The van der Waals surface area contributed by atoms with Gasteiger partial charge in [-0.15, -0.1) is 10.2 Å². The molecule has 0 saturated carbocycles. The maximum Gasteiger partial charge on any atom is 0.329 e. The third-order valence-electron chi connectivity index (χ3n) is 6.72. The van der Waals surface area contributed by atoms with Gasteiger partial charge in [0.25, 0.3) is 0 Å². The Bertz CT molecular complexity index is 1330. The standard InChI is InChI=1S/C29H32N6O3/c1-2-38-27(37)21-35-31-29(30-32-35)24-13-11-23(12-14-24)28(25-9-6-10-26(36)19-25)34-17-15-33(16-18-34)20-22-7-4-3-5-8-22/h3-14,19,28,36H,2,15-18,20-21H2,1H3/t28-/m1/s1. The van der Waals surface area contributed by atoms with E-state index in [1.54, 1.807) is 13.0 Å². The predicted octanol–water partition coefficient (Wildman–Crippen LogP) is 3.52. The summed E-state index contributed by atoms with van der Waals surface area (Å²) in [5.74, 6) is 0.308. The highest BCUT2D eigenvalue weighted by molar-refractivity contribution is 5.68. The van der Waals surface area contributed by atoms with Crippen LogP contribution in [0.3, 0.4) is 0 Å². The number of rotatable bonds is 9. The van der Waals surface area contributed by atoms with Gasteiger partial charge in [0.15, 0.2) is 6.54 Å². The van der Waals surface area contributed by atoms with Gasteiger partial charge in [-0.3, -0.25) is 9.80 Å². The SMILES string of the molecule is CCOC(=O)Cn1nnc(-c2ccc([C@H](c3cccc(O)c3)N3CCN(Cc4ccccc4)CC3)cc2)n1. The van der Waals surface area contributed by atoms with E-state index in [2.05, 4.69) is 67.7 Å². The molecule has 196 valence electrons. The number of hydrogen-bond acceptors (Lipinski definition) is 8. The van der Waals surface area contributed by atoms with Crippen LogP contribution in [0.25, 0.3) is 11.4 Å². The Morgan fingerprint density at radius 3 is 2.42 bits per heavy atom. The molecule has 1 aliphatic heterocycles. The normalized spacial score (nSPS) is 15.3. The quantitative estimate of drug-likeness (QED) is 0.341. The molecule has 9 nitrogen and oxygen atoms in total. The highest BCUT2D eigenvalue weighted by Crippen LogP contribution is 2.32. The van der Waals surface area contributed by atoms with E-state index in [1.807, 2.05) is 30.3 Å². The molecule has 1 saturated heterocycles. The number of hydrogen-bond donors (Lipinski definition) is 1. The fourth-order valence-corrected chi connectivity index (χ4v) is 4.89. The number of ether oxygens (including phenoxy) is 1. The van der Waals surface area contributed by atoms with Crippen LogP contribution < -0.4 is 0 Å². The topological polar surface area (TPSA) is 96.6 Å². The number of phenolic OH excluding ortho intramolecular Hbond substituents is 1. The molecular formula is C29H32N6O3. The second-order valence-corrected chi connectivity index (χ2v) is 9.37. The zero-order valence-corrected chi connectivity index (χ0v) is 21.5. The minimum absolute atomic E-state index is 0.00230. The number of carbonyl (C=O) groups is 1. The molecule has 38 heavy (non-hydrogen) atoms. The predicted molar refractivity (Wildman–Crippen MR) is 143 cm³/mol. The molecule has 9 heteroatoms. The summed E-state index contributed by atoms with van der Waals surface area (Å²) in [6.45, 7) is 6.71. The molecule has 0 amide bonds. The summed E-state index contributed by atoms with van der Waals surface area (Å²) in [5.41, 5.74) is 4.31. The van der Waals surface area contributed by atoms with E-state index < -0.39 is 5.97 Å². The summed E-state index contributed by atoms with van der Waals surface area (Å²) in [6, 6.07) is 26.2. The van der Waals surface area contributed by atoms with Crippen molar-refractivity contribution in [2.24, 2.45) is 0 Å². The number of benzene rings is 3. The van der Waals surface area contributed by atoms with Crippen molar-refractivity contribution < 1.29 is 14.6 Å². The average Bonchev–Trinajstić information content (AvgIpc) is 3.39. The van der Waals surface area contributed by atoms with Crippen molar-refractivity contribution in [1.82, 2.24) is 30.0 Å². The van der Waals surface area contributed by atoms with Gasteiger partial charge >= 0.3 is 5.97 Å². The van der Waals surface area contributed by atoms with Crippen LogP contribution >= 0.6 is 0 Å². The van der Waals surface area contributed by atoms with Crippen LogP contribution in [0.1, 0.15) is 29.7 Å². The molecule has 1 atom stereocenters. The van der Waals surface area contributed by atoms with Crippen molar-refractivity contribution in [2.75, 3.05) is 32.8 Å². The number of carbonyl (C=O) groups excluding carboxylic acids is 1. The van der Waals surface area contributed by atoms with Crippen molar-refractivity contribution in [3.63, 3.8) is 0 Å². The minimum atomic E-state index is -0.399. The molecule has 1 aromatic heterocycles. The van der Waals surface area contributed by atoms with Crippen LogP contribution in [0.5, 0.6) is 5.75 Å². The third-order valence-corrected chi connectivity index (χ3v) is 6.72. The van der Waals surface area contributed by atoms with Gasteiger partial charge in [0, 0.05) is 38.3 Å². The molecule has 0 spiro atoms. The Labute approximate surface area is 222 Å². The number of esters is 1. The van der Waals surface area contributed by atoms with Crippen molar-refractivity contribution in [3.8, 4) is 17.1 Å². The third kappa shape index (κ3) is 6.24. The van der Waals surface area contributed by atoms with Crippen molar-refractivity contribution in [1.29, 1.82) is 0 Å². The van der Waals surface area contributed by atoms with Gasteiger partial charge in [-0.1, -0.05) is 66.7 Å². The first-order valence-corrected chi connectivity index (χ1v) is 12.9. The van der Waals surface area contributed by atoms with E-state index in [9.17, 15) is 9.90 Å². The largest absolute Gasteiger partial charge is 0.508 e. The second kappa shape index (κ2) is 12.0. The Balaban J connectivity index is 1.32. The van der Waals surface area contributed by atoms with Gasteiger partial charge in [0.2, 0.25) is 5.82 Å². The summed E-state index contributed by atoms with van der Waals surface area (Å²) >= 11 is 0. The molecule has 5 rings (SSSR count). The summed E-state index contributed by atoms with van der Waals surface area (Å²) in [7, 11) is 0. The maximum atomic E-state index is 11.7. The van der Waals surface area contributed by atoms with E-state index in [0.29, 0.717) is 12.4 Å². The fourth-order valence-electron chi connectivity index (χ4n) is 4.89. The summed E-state index contributed by atoms with van der Waals surface area (Å²) in [5, 5.41) is 22.6. The van der Waals surface area contributed by atoms with Crippen LogP contribution in [0.4, 0.5) is 0 Å². The number of aromatic hydroxyl groups is 1. The molecule has 2 heterocycles. The van der Waals surface area contributed by atoms with Gasteiger partial charge in [-0.05, 0) is 41.0 Å². The zero-order chi connectivity index (χ0) is 26.3. The Morgan fingerprint density at radius 2 is 1.71 bits per heavy atom. The molecule has 1 N–H and O–H groups in total.